The van der Waals surface area contributed by atoms with Crippen LogP contribution in [0, 0.1) is 0 Å². The van der Waals surface area contributed by atoms with Gasteiger partial charge < -0.3 is 11.5 Å². The molecular formula is C9H13ClN4S. The fourth-order valence-electron chi connectivity index (χ4n) is 0.933. The molecule has 0 amide bonds. The molecular weight excluding hydrogens is 232 g/mol. The maximum Gasteiger partial charge on any atom is 0.185 e. The van der Waals surface area contributed by atoms with E-state index < -0.39 is 0 Å². The lowest BCUT2D eigenvalue weighted by atomic mass is 10.4. The quantitative estimate of drug-likeness (QED) is 0.464. The summed E-state index contributed by atoms with van der Waals surface area (Å²) in [6.07, 6.45) is 1.73. The van der Waals surface area contributed by atoms with Gasteiger partial charge in [0.2, 0.25) is 0 Å². The monoisotopic (exact) mass is 244 g/mol. The molecule has 0 aromatic carbocycles. The molecule has 0 unspecified atom stereocenters. The lowest BCUT2D eigenvalue weighted by Gasteiger charge is -2.01. The molecule has 0 spiro atoms. The van der Waals surface area contributed by atoms with E-state index in [2.05, 4.69) is 9.98 Å². The third-order valence-electron chi connectivity index (χ3n) is 1.60. The maximum atomic E-state index is 5.94. The molecule has 82 valence electrons. The van der Waals surface area contributed by atoms with E-state index >= 15 is 0 Å². The lowest BCUT2D eigenvalue weighted by molar-refractivity contribution is 1.12. The normalized spacial score (nSPS) is 9.93. The van der Waals surface area contributed by atoms with E-state index in [0.717, 1.165) is 17.2 Å². The van der Waals surface area contributed by atoms with E-state index in [0.29, 0.717) is 11.6 Å². The second-order valence-electron chi connectivity index (χ2n) is 2.79. The van der Waals surface area contributed by atoms with Crippen LogP contribution in [0.2, 0.25) is 5.02 Å². The van der Waals surface area contributed by atoms with Crippen LogP contribution in [0.25, 0.3) is 0 Å². The van der Waals surface area contributed by atoms with Crippen molar-refractivity contribution < 1.29 is 0 Å². The van der Waals surface area contributed by atoms with Gasteiger partial charge >= 0.3 is 0 Å². The molecule has 1 aromatic rings. The topological polar surface area (TPSA) is 77.3 Å². The summed E-state index contributed by atoms with van der Waals surface area (Å²) in [5.74, 6) is 1.76. The number of hydrogen-bond acceptors (Lipinski definition) is 3. The number of guanidine groups is 1. The van der Waals surface area contributed by atoms with Gasteiger partial charge in [0.25, 0.3) is 0 Å². The Kier molecular flexibility index (Phi) is 5.28. The number of rotatable bonds is 5. The zero-order valence-electron chi connectivity index (χ0n) is 8.19. The van der Waals surface area contributed by atoms with Crippen LogP contribution in [0.4, 0.5) is 0 Å². The fraction of sp³-hybridized carbons (Fsp3) is 0.333. The van der Waals surface area contributed by atoms with Gasteiger partial charge in [0.15, 0.2) is 5.96 Å². The highest BCUT2D eigenvalue weighted by atomic mass is 35.5. The largest absolute Gasteiger partial charge is 0.370 e. The molecule has 1 rings (SSSR count). The van der Waals surface area contributed by atoms with Crippen molar-refractivity contribution in [1.82, 2.24) is 4.98 Å². The first-order valence-corrected chi connectivity index (χ1v) is 5.96. The molecule has 0 aliphatic rings. The van der Waals surface area contributed by atoms with Crippen molar-refractivity contribution in [2.75, 3.05) is 12.3 Å². The molecule has 1 aromatic heterocycles. The van der Waals surface area contributed by atoms with Crippen LogP contribution in [-0.2, 0) is 5.75 Å². The molecule has 0 saturated carbocycles. The average molecular weight is 245 g/mol. The summed E-state index contributed by atoms with van der Waals surface area (Å²) in [5, 5.41) is 0.701. The zero-order valence-corrected chi connectivity index (χ0v) is 9.76. The first kappa shape index (κ1) is 12.1. The van der Waals surface area contributed by atoms with Crippen LogP contribution >= 0.6 is 23.4 Å². The minimum atomic E-state index is 0.131. The van der Waals surface area contributed by atoms with Gasteiger partial charge in [0, 0.05) is 17.7 Å². The predicted octanol–water partition coefficient (Wildman–Crippen LogP) is 1.24. The number of nitrogens with two attached hydrogens (primary N) is 2. The van der Waals surface area contributed by atoms with E-state index in [9.17, 15) is 0 Å². The van der Waals surface area contributed by atoms with Crippen LogP contribution < -0.4 is 11.5 Å². The molecule has 0 atom stereocenters. The van der Waals surface area contributed by atoms with E-state index in [1.807, 2.05) is 12.1 Å². The minimum Gasteiger partial charge on any atom is -0.370 e. The van der Waals surface area contributed by atoms with E-state index in [-0.39, 0.29) is 5.96 Å². The highest BCUT2D eigenvalue weighted by Crippen LogP contribution is 2.17. The van der Waals surface area contributed by atoms with Gasteiger partial charge in [0.05, 0.1) is 17.3 Å². The second-order valence-corrected chi connectivity index (χ2v) is 4.30. The summed E-state index contributed by atoms with van der Waals surface area (Å²) in [5.41, 5.74) is 11.3. The summed E-state index contributed by atoms with van der Waals surface area (Å²) in [7, 11) is 0. The van der Waals surface area contributed by atoms with Crippen LogP contribution in [-0.4, -0.2) is 23.2 Å². The smallest absolute Gasteiger partial charge is 0.185 e. The van der Waals surface area contributed by atoms with E-state index in [1.165, 1.54) is 0 Å². The molecule has 4 nitrogen and oxygen atoms in total. The number of aromatic nitrogens is 1. The Bertz CT molecular complexity index is 339. The number of pyridine rings is 1. The Morgan fingerprint density at radius 3 is 3.00 bits per heavy atom. The summed E-state index contributed by atoms with van der Waals surface area (Å²) in [4.78, 5) is 8.05. The molecule has 0 aliphatic heterocycles. The van der Waals surface area contributed by atoms with Crippen molar-refractivity contribution in [3.05, 3.63) is 29.0 Å². The van der Waals surface area contributed by atoms with Crippen molar-refractivity contribution >= 4 is 29.3 Å². The fourth-order valence-corrected chi connectivity index (χ4v) is 1.99. The molecule has 0 aliphatic carbocycles. The summed E-state index contributed by atoms with van der Waals surface area (Å²) in [6.45, 7) is 0.622. The van der Waals surface area contributed by atoms with Gasteiger partial charge in [0.1, 0.15) is 0 Å². The zero-order chi connectivity index (χ0) is 11.1. The van der Waals surface area contributed by atoms with Gasteiger partial charge in [-0.3, -0.25) is 9.98 Å². The van der Waals surface area contributed by atoms with Crippen molar-refractivity contribution in [2.24, 2.45) is 16.5 Å². The van der Waals surface area contributed by atoms with Crippen molar-refractivity contribution in [2.45, 2.75) is 5.75 Å². The van der Waals surface area contributed by atoms with Gasteiger partial charge in [-0.2, -0.15) is 11.8 Å². The van der Waals surface area contributed by atoms with E-state index in [4.69, 9.17) is 23.1 Å². The Morgan fingerprint density at radius 2 is 2.33 bits per heavy atom. The predicted molar refractivity (Wildman–Crippen MR) is 66.1 cm³/mol. The first-order chi connectivity index (χ1) is 7.20. The van der Waals surface area contributed by atoms with Crippen molar-refractivity contribution in [1.29, 1.82) is 0 Å². The number of halogens is 1. The van der Waals surface area contributed by atoms with Crippen molar-refractivity contribution in [3.63, 3.8) is 0 Å². The van der Waals surface area contributed by atoms with Gasteiger partial charge in [-0.1, -0.05) is 11.6 Å². The highest BCUT2D eigenvalue weighted by Gasteiger charge is 1.99. The van der Waals surface area contributed by atoms with Crippen LogP contribution in [0.1, 0.15) is 5.69 Å². The van der Waals surface area contributed by atoms with Gasteiger partial charge in [-0.05, 0) is 12.1 Å². The van der Waals surface area contributed by atoms with Gasteiger partial charge in [-0.15, -0.1) is 0 Å². The van der Waals surface area contributed by atoms with Crippen LogP contribution in [0.3, 0.4) is 0 Å². The third kappa shape index (κ3) is 4.90. The minimum absolute atomic E-state index is 0.131. The molecule has 0 radical (unpaired) electrons. The summed E-state index contributed by atoms with van der Waals surface area (Å²) < 4.78 is 0. The Labute approximate surface area is 98.1 Å². The molecule has 4 N–H and O–H groups in total. The molecule has 0 fully saturated rings. The number of thioether (sulfide) groups is 1. The Morgan fingerprint density at radius 1 is 1.53 bits per heavy atom. The average Bonchev–Trinajstić information content (AvgIpc) is 2.20. The highest BCUT2D eigenvalue weighted by molar-refractivity contribution is 7.98. The molecule has 0 saturated heterocycles. The summed E-state index contributed by atoms with van der Waals surface area (Å²) >= 11 is 7.64. The Balaban J connectivity index is 2.26. The van der Waals surface area contributed by atoms with Crippen LogP contribution in [0.15, 0.2) is 23.3 Å². The molecule has 15 heavy (non-hydrogen) atoms. The molecule has 0 bridgehead atoms. The first-order valence-electron chi connectivity index (χ1n) is 4.42. The third-order valence-corrected chi connectivity index (χ3v) is 2.90. The summed E-state index contributed by atoms with van der Waals surface area (Å²) in [6, 6.07) is 3.65. The maximum absolute atomic E-state index is 5.94. The molecule has 6 heteroatoms. The SMILES string of the molecule is NC(N)=NCCSCc1ncccc1Cl. The standard InChI is InChI=1S/C9H13ClN4S/c10-7-2-1-3-13-8(7)6-15-5-4-14-9(11)12/h1-3H,4-6H2,(H4,11,12,14). The number of nitrogens with zero attached hydrogens (tertiary/aromatic N) is 2. The van der Waals surface area contributed by atoms with E-state index in [1.54, 1.807) is 18.0 Å². The number of aliphatic imine (C=N–C) groups is 1. The molecule has 1 heterocycles. The lowest BCUT2D eigenvalue weighted by Crippen LogP contribution is -2.23. The van der Waals surface area contributed by atoms with Gasteiger partial charge in [-0.25, -0.2) is 0 Å². The number of hydrogen-bond donors (Lipinski definition) is 2. The van der Waals surface area contributed by atoms with Crippen molar-refractivity contribution in [3.8, 4) is 0 Å². The Hall–Kier alpha value is -0.940. The second kappa shape index (κ2) is 6.53. The van der Waals surface area contributed by atoms with Crippen LogP contribution in [0.5, 0.6) is 0 Å².